The van der Waals surface area contributed by atoms with Crippen molar-refractivity contribution in [2.75, 3.05) is 25.5 Å². The summed E-state index contributed by atoms with van der Waals surface area (Å²) >= 11 is 0. The summed E-state index contributed by atoms with van der Waals surface area (Å²) in [7, 11) is 1.48. The zero-order valence-electron chi connectivity index (χ0n) is 15.7. The van der Waals surface area contributed by atoms with Crippen LogP contribution in [0.1, 0.15) is 16.1 Å². The van der Waals surface area contributed by atoms with Gasteiger partial charge in [0.2, 0.25) is 5.91 Å². The van der Waals surface area contributed by atoms with Crippen molar-refractivity contribution in [3.8, 4) is 0 Å². The number of aromatic amines is 1. The molecule has 0 bridgehead atoms. The molecular formula is C21H21N3O4. The molecule has 3 rings (SSSR count). The van der Waals surface area contributed by atoms with Crippen LogP contribution in [0.5, 0.6) is 0 Å². The van der Waals surface area contributed by atoms with Gasteiger partial charge in [0.25, 0.3) is 5.91 Å². The van der Waals surface area contributed by atoms with Crippen molar-refractivity contribution in [3.05, 3.63) is 65.9 Å². The number of carbonyl (C=O) groups excluding carboxylic acids is 3. The number of nitrogens with zero attached hydrogens (tertiary/aromatic N) is 1. The third kappa shape index (κ3) is 4.76. The predicted molar refractivity (Wildman–Crippen MR) is 106 cm³/mol. The Hall–Kier alpha value is -3.61. The minimum atomic E-state index is -0.623. The van der Waals surface area contributed by atoms with Gasteiger partial charge in [-0.05, 0) is 31.2 Å². The maximum absolute atomic E-state index is 12.1. The molecule has 2 amide bonds. The van der Waals surface area contributed by atoms with E-state index < -0.39 is 18.5 Å². The first-order chi connectivity index (χ1) is 13.4. The molecule has 2 N–H and O–H groups in total. The standard InChI is InChI=1S/C21H21N3O4/c1-14-7-9-16(10-8-14)22-19(25)12-24(2)20(26)13-28-21(27)18-11-15-5-3-4-6-17(15)23-18/h3-11,23H,12-13H2,1-2H3,(H,22,25). The molecule has 2 aromatic carbocycles. The lowest BCUT2D eigenvalue weighted by atomic mass is 10.2. The van der Waals surface area contributed by atoms with Crippen LogP contribution in [0, 0.1) is 6.92 Å². The topological polar surface area (TPSA) is 91.5 Å². The summed E-state index contributed by atoms with van der Waals surface area (Å²) in [6, 6.07) is 16.4. The van der Waals surface area contributed by atoms with Crippen molar-refractivity contribution >= 4 is 34.4 Å². The Labute approximate surface area is 162 Å². The van der Waals surface area contributed by atoms with E-state index in [0.717, 1.165) is 16.5 Å². The highest BCUT2D eigenvalue weighted by Crippen LogP contribution is 2.15. The van der Waals surface area contributed by atoms with Crippen molar-refractivity contribution in [3.63, 3.8) is 0 Å². The first kappa shape index (κ1) is 19.2. The molecule has 1 heterocycles. The lowest BCUT2D eigenvalue weighted by Gasteiger charge is -2.16. The van der Waals surface area contributed by atoms with E-state index in [0.29, 0.717) is 5.69 Å². The summed E-state index contributed by atoms with van der Waals surface area (Å²) < 4.78 is 5.06. The minimum absolute atomic E-state index is 0.142. The second-order valence-electron chi connectivity index (χ2n) is 6.51. The van der Waals surface area contributed by atoms with Gasteiger partial charge in [-0.1, -0.05) is 35.9 Å². The Morgan fingerprint density at radius 1 is 1.07 bits per heavy atom. The highest BCUT2D eigenvalue weighted by atomic mass is 16.5. The third-order valence-electron chi connectivity index (χ3n) is 4.22. The highest BCUT2D eigenvalue weighted by Gasteiger charge is 2.17. The van der Waals surface area contributed by atoms with E-state index in [9.17, 15) is 14.4 Å². The molecule has 0 aliphatic carbocycles. The van der Waals surface area contributed by atoms with Gasteiger partial charge in [0.05, 0.1) is 6.54 Å². The van der Waals surface area contributed by atoms with E-state index in [2.05, 4.69) is 10.3 Å². The molecule has 3 aromatic rings. The number of hydrogen-bond acceptors (Lipinski definition) is 4. The van der Waals surface area contributed by atoms with E-state index in [-0.39, 0.29) is 18.1 Å². The molecule has 0 fully saturated rings. The zero-order chi connectivity index (χ0) is 20.1. The number of rotatable bonds is 6. The van der Waals surface area contributed by atoms with Crippen molar-refractivity contribution in [1.29, 1.82) is 0 Å². The van der Waals surface area contributed by atoms with Crippen LogP contribution in [0.4, 0.5) is 5.69 Å². The van der Waals surface area contributed by atoms with Crippen molar-refractivity contribution in [1.82, 2.24) is 9.88 Å². The van der Waals surface area contributed by atoms with Gasteiger partial charge in [-0.2, -0.15) is 0 Å². The van der Waals surface area contributed by atoms with Crippen molar-refractivity contribution < 1.29 is 19.1 Å². The van der Waals surface area contributed by atoms with E-state index in [1.54, 1.807) is 18.2 Å². The van der Waals surface area contributed by atoms with Gasteiger partial charge in [0.1, 0.15) is 5.69 Å². The maximum atomic E-state index is 12.1. The maximum Gasteiger partial charge on any atom is 0.355 e. The van der Waals surface area contributed by atoms with Crippen LogP contribution in [0.3, 0.4) is 0 Å². The molecule has 28 heavy (non-hydrogen) atoms. The lowest BCUT2D eigenvalue weighted by molar-refractivity contribution is -0.136. The number of hydrogen-bond donors (Lipinski definition) is 2. The molecule has 144 valence electrons. The van der Waals surface area contributed by atoms with Crippen LogP contribution in [0.25, 0.3) is 10.9 Å². The van der Waals surface area contributed by atoms with Gasteiger partial charge in [-0.25, -0.2) is 4.79 Å². The largest absolute Gasteiger partial charge is 0.451 e. The molecule has 7 nitrogen and oxygen atoms in total. The number of nitrogens with one attached hydrogen (secondary N) is 2. The number of carbonyl (C=O) groups is 3. The van der Waals surface area contributed by atoms with Crippen LogP contribution in [-0.2, 0) is 14.3 Å². The second-order valence-corrected chi connectivity index (χ2v) is 6.51. The zero-order valence-corrected chi connectivity index (χ0v) is 15.7. The highest BCUT2D eigenvalue weighted by molar-refractivity contribution is 5.97. The van der Waals surface area contributed by atoms with Crippen molar-refractivity contribution in [2.24, 2.45) is 0 Å². The molecule has 0 atom stereocenters. The fraction of sp³-hybridized carbons (Fsp3) is 0.190. The van der Waals surface area contributed by atoms with Gasteiger partial charge in [0, 0.05) is 23.6 Å². The average Bonchev–Trinajstić information content (AvgIpc) is 3.12. The molecule has 1 aromatic heterocycles. The van der Waals surface area contributed by atoms with Crippen LogP contribution in [0.15, 0.2) is 54.6 Å². The van der Waals surface area contributed by atoms with E-state index in [1.165, 1.54) is 11.9 Å². The summed E-state index contributed by atoms with van der Waals surface area (Å²) in [4.78, 5) is 40.5. The summed E-state index contributed by atoms with van der Waals surface area (Å²) in [5.74, 6) is -1.42. The number of esters is 1. The number of para-hydroxylation sites is 1. The van der Waals surface area contributed by atoms with Gasteiger partial charge in [0.15, 0.2) is 6.61 Å². The number of H-pyrrole nitrogens is 1. The number of benzene rings is 2. The van der Waals surface area contributed by atoms with Gasteiger partial charge in [-0.3, -0.25) is 9.59 Å². The Bertz CT molecular complexity index is 975. The number of anilines is 1. The van der Waals surface area contributed by atoms with E-state index in [1.807, 2.05) is 43.3 Å². The molecule has 0 radical (unpaired) electrons. The first-order valence-electron chi connectivity index (χ1n) is 8.78. The molecule has 0 spiro atoms. The number of fused-ring (bicyclic) bond motifs is 1. The number of amides is 2. The van der Waals surface area contributed by atoms with Crippen LogP contribution >= 0.6 is 0 Å². The Morgan fingerprint density at radius 2 is 1.79 bits per heavy atom. The summed E-state index contributed by atoms with van der Waals surface area (Å²) in [6.45, 7) is 1.37. The average molecular weight is 379 g/mol. The van der Waals surface area contributed by atoms with Crippen molar-refractivity contribution in [2.45, 2.75) is 6.92 Å². The third-order valence-corrected chi connectivity index (χ3v) is 4.22. The van der Waals surface area contributed by atoms with Gasteiger partial charge < -0.3 is 19.9 Å². The summed E-state index contributed by atoms with van der Waals surface area (Å²) in [5.41, 5.74) is 2.82. The molecule has 0 aliphatic rings. The number of ether oxygens (including phenoxy) is 1. The number of aromatic nitrogens is 1. The lowest BCUT2D eigenvalue weighted by Crippen LogP contribution is -2.37. The Balaban J connectivity index is 1.48. The monoisotopic (exact) mass is 379 g/mol. The molecule has 0 saturated carbocycles. The summed E-state index contributed by atoms with van der Waals surface area (Å²) in [6.07, 6.45) is 0. The smallest absolute Gasteiger partial charge is 0.355 e. The predicted octanol–water partition coefficient (Wildman–Crippen LogP) is 2.73. The quantitative estimate of drug-likeness (QED) is 0.644. The number of aryl methyl sites for hydroxylation is 1. The Morgan fingerprint density at radius 3 is 2.50 bits per heavy atom. The minimum Gasteiger partial charge on any atom is -0.451 e. The molecule has 0 aliphatic heterocycles. The Kier molecular flexibility index (Phi) is 5.74. The first-order valence-corrected chi connectivity index (χ1v) is 8.78. The fourth-order valence-corrected chi connectivity index (χ4v) is 2.64. The SMILES string of the molecule is Cc1ccc(NC(=O)CN(C)C(=O)COC(=O)c2cc3ccccc3[nH]2)cc1. The molecule has 7 heteroatoms. The van der Waals surface area contributed by atoms with Gasteiger partial charge >= 0.3 is 5.97 Å². The van der Waals surface area contributed by atoms with Gasteiger partial charge in [-0.15, -0.1) is 0 Å². The number of likely N-dealkylation sites (N-methyl/N-ethyl adjacent to an activating group) is 1. The fourth-order valence-electron chi connectivity index (χ4n) is 2.64. The molecular weight excluding hydrogens is 358 g/mol. The van der Waals surface area contributed by atoms with E-state index in [4.69, 9.17) is 4.74 Å². The molecule has 0 unspecified atom stereocenters. The van der Waals surface area contributed by atoms with Crippen LogP contribution in [0.2, 0.25) is 0 Å². The second kappa shape index (κ2) is 8.39. The summed E-state index contributed by atoms with van der Waals surface area (Å²) in [5, 5.41) is 3.60. The van der Waals surface area contributed by atoms with Crippen LogP contribution in [-0.4, -0.2) is 47.9 Å². The van der Waals surface area contributed by atoms with E-state index >= 15 is 0 Å². The normalized spacial score (nSPS) is 10.5. The molecule has 0 saturated heterocycles. The van der Waals surface area contributed by atoms with Crippen LogP contribution < -0.4 is 5.32 Å².